The molecule has 0 spiro atoms. The van der Waals surface area contributed by atoms with Gasteiger partial charge in [-0.05, 0) is 42.7 Å². The van der Waals surface area contributed by atoms with Crippen molar-refractivity contribution in [1.29, 1.82) is 0 Å². The monoisotopic (exact) mass is 396 g/mol. The van der Waals surface area contributed by atoms with E-state index in [1.54, 1.807) is 7.11 Å². The van der Waals surface area contributed by atoms with Gasteiger partial charge < -0.3 is 15.8 Å². The zero-order chi connectivity index (χ0) is 21.6. The first-order chi connectivity index (χ1) is 13.7. The highest BCUT2D eigenvalue weighted by Gasteiger charge is 2.29. The number of nitrogens with zero attached hydrogens (tertiary/aromatic N) is 1. The van der Waals surface area contributed by atoms with Gasteiger partial charge in [-0.1, -0.05) is 45.9 Å². The molecule has 156 valence electrons. The second-order valence-electron chi connectivity index (χ2n) is 8.20. The summed E-state index contributed by atoms with van der Waals surface area (Å²) in [6.07, 6.45) is 0.353. The molecule has 0 aliphatic rings. The SMILES string of the molecule is COc1ccc(N=C(C)C(C)(C)c2ccccc2[NH2+]CCC(N)=O)c(C(C)C)c1. The molecule has 0 fully saturated rings. The molecule has 5 heteroatoms. The summed E-state index contributed by atoms with van der Waals surface area (Å²) in [6.45, 7) is 11.4. The Labute approximate surface area is 174 Å². The van der Waals surface area contributed by atoms with Crippen LogP contribution in [-0.4, -0.2) is 25.3 Å². The van der Waals surface area contributed by atoms with E-state index in [4.69, 9.17) is 15.5 Å². The van der Waals surface area contributed by atoms with Crippen molar-refractivity contribution in [2.24, 2.45) is 10.7 Å². The number of carbonyl (C=O) groups excluding carboxylic acids is 1. The smallest absolute Gasteiger partial charge is 0.223 e. The summed E-state index contributed by atoms with van der Waals surface area (Å²) in [5.41, 5.74) is 10.5. The highest BCUT2D eigenvalue weighted by molar-refractivity contribution is 5.95. The number of amides is 1. The fourth-order valence-corrected chi connectivity index (χ4v) is 3.35. The van der Waals surface area contributed by atoms with Gasteiger partial charge in [-0.2, -0.15) is 0 Å². The number of nitrogens with two attached hydrogens (primary N) is 2. The number of carbonyl (C=O) groups is 1. The van der Waals surface area contributed by atoms with Crippen LogP contribution in [0.2, 0.25) is 0 Å². The lowest BCUT2D eigenvalue weighted by Crippen LogP contribution is -2.79. The zero-order valence-corrected chi connectivity index (χ0v) is 18.5. The van der Waals surface area contributed by atoms with Crippen molar-refractivity contribution in [2.45, 2.75) is 52.4 Å². The van der Waals surface area contributed by atoms with E-state index < -0.39 is 0 Å². The minimum atomic E-state index is -0.281. The summed E-state index contributed by atoms with van der Waals surface area (Å²) in [5, 5.41) is 2.09. The Hall–Kier alpha value is -2.66. The summed E-state index contributed by atoms with van der Waals surface area (Å²) in [4.78, 5) is 16.1. The largest absolute Gasteiger partial charge is 0.497 e. The molecule has 1 amide bonds. The Morgan fingerprint density at radius 2 is 1.90 bits per heavy atom. The fourth-order valence-electron chi connectivity index (χ4n) is 3.35. The van der Waals surface area contributed by atoms with Crippen LogP contribution in [-0.2, 0) is 10.2 Å². The average Bonchev–Trinajstić information content (AvgIpc) is 2.68. The minimum absolute atomic E-state index is 0.270. The Bertz CT molecular complexity index is 885. The number of primary amides is 1. The van der Waals surface area contributed by atoms with Crippen LogP contribution in [0.5, 0.6) is 5.75 Å². The van der Waals surface area contributed by atoms with Crippen LogP contribution >= 0.6 is 0 Å². The first-order valence-corrected chi connectivity index (χ1v) is 10.1. The van der Waals surface area contributed by atoms with Crippen LogP contribution in [0.25, 0.3) is 0 Å². The van der Waals surface area contributed by atoms with Gasteiger partial charge in [0.15, 0.2) is 0 Å². The van der Waals surface area contributed by atoms with Gasteiger partial charge in [0.05, 0.1) is 25.8 Å². The summed E-state index contributed by atoms with van der Waals surface area (Å²) in [7, 11) is 1.68. The molecule has 0 heterocycles. The fraction of sp³-hybridized carbons (Fsp3) is 0.417. The molecule has 29 heavy (non-hydrogen) atoms. The number of para-hydroxylation sites is 1. The quantitative estimate of drug-likeness (QED) is 0.497. The van der Waals surface area contributed by atoms with E-state index in [9.17, 15) is 4.79 Å². The molecule has 0 unspecified atom stereocenters. The van der Waals surface area contributed by atoms with Crippen LogP contribution in [0.4, 0.5) is 11.4 Å². The molecule has 0 atom stereocenters. The van der Waals surface area contributed by atoms with Crippen LogP contribution in [0, 0.1) is 0 Å². The molecule has 0 aliphatic heterocycles. The Kier molecular flexibility index (Phi) is 7.57. The third-order valence-electron chi connectivity index (χ3n) is 5.44. The van der Waals surface area contributed by atoms with E-state index >= 15 is 0 Å². The number of quaternary nitrogens is 1. The van der Waals surface area contributed by atoms with Gasteiger partial charge in [0, 0.05) is 16.7 Å². The molecule has 2 rings (SSSR count). The lowest BCUT2D eigenvalue weighted by Gasteiger charge is -2.27. The number of benzene rings is 2. The zero-order valence-electron chi connectivity index (χ0n) is 18.5. The Morgan fingerprint density at radius 1 is 1.21 bits per heavy atom. The molecule has 0 aliphatic carbocycles. The third-order valence-corrected chi connectivity index (χ3v) is 5.44. The molecular weight excluding hydrogens is 362 g/mol. The molecule has 0 bridgehead atoms. The van der Waals surface area contributed by atoms with E-state index in [2.05, 4.69) is 58.1 Å². The van der Waals surface area contributed by atoms with Gasteiger partial charge in [0.2, 0.25) is 5.91 Å². The van der Waals surface area contributed by atoms with E-state index in [-0.39, 0.29) is 11.3 Å². The Balaban J connectivity index is 2.40. The van der Waals surface area contributed by atoms with Crippen molar-refractivity contribution in [2.75, 3.05) is 13.7 Å². The van der Waals surface area contributed by atoms with E-state index in [1.165, 1.54) is 11.1 Å². The lowest BCUT2D eigenvalue weighted by molar-refractivity contribution is -0.570. The first-order valence-electron chi connectivity index (χ1n) is 10.1. The van der Waals surface area contributed by atoms with Crippen molar-refractivity contribution in [1.82, 2.24) is 0 Å². The molecule has 0 saturated heterocycles. The Morgan fingerprint density at radius 3 is 2.52 bits per heavy atom. The molecule has 2 aromatic rings. The molecule has 0 aromatic heterocycles. The molecule has 4 N–H and O–H groups in total. The molecule has 2 aromatic carbocycles. The van der Waals surface area contributed by atoms with Crippen LogP contribution in [0.15, 0.2) is 47.5 Å². The average molecular weight is 397 g/mol. The summed E-state index contributed by atoms with van der Waals surface area (Å²) in [5.74, 6) is 0.907. The van der Waals surface area contributed by atoms with Gasteiger partial charge in [-0.15, -0.1) is 0 Å². The topological polar surface area (TPSA) is 81.3 Å². The first kappa shape index (κ1) is 22.6. The summed E-state index contributed by atoms with van der Waals surface area (Å²) < 4.78 is 5.39. The number of methoxy groups -OCH3 is 1. The molecule has 0 radical (unpaired) electrons. The highest BCUT2D eigenvalue weighted by atomic mass is 16.5. The molecule has 0 saturated carbocycles. The maximum atomic E-state index is 11.1. The second-order valence-corrected chi connectivity index (χ2v) is 8.20. The van der Waals surface area contributed by atoms with Gasteiger partial charge >= 0.3 is 0 Å². The van der Waals surface area contributed by atoms with Crippen molar-refractivity contribution in [3.8, 4) is 5.75 Å². The number of ether oxygens (including phenoxy) is 1. The van der Waals surface area contributed by atoms with Crippen molar-refractivity contribution in [3.05, 3.63) is 53.6 Å². The van der Waals surface area contributed by atoms with E-state index in [0.29, 0.717) is 18.9 Å². The van der Waals surface area contributed by atoms with Crippen LogP contribution in [0.3, 0.4) is 0 Å². The van der Waals surface area contributed by atoms with Gasteiger partial charge in [-0.25, -0.2) is 0 Å². The lowest BCUT2D eigenvalue weighted by atomic mass is 9.79. The predicted molar refractivity (Wildman–Crippen MR) is 120 cm³/mol. The third kappa shape index (κ3) is 5.67. The summed E-state index contributed by atoms with van der Waals surface area (Å²) in [6, 6.07) is 14.3. The normalized spacial score (nSPS) is 12.3. The maximum Gasteiger partial charge on any atom is 0.223 e. The van der Waals surface area contributed by atoms with E-state index in [1.807, 2.05) is 24.3 Å². The number of rotatable bonds is 9. The number of aliphatic imine (C=N–C) groups is 1. The number of hydrogen-bond acceptors (Lipinski definition) is 3. The highest BCUT2D eigenvalue weighted by Crippen LogP contribution is 2.34. The standard InChI is InChI=1S/C24H33N3O2/c1-16(2)19-15-18(29-6)11-12-21(19)27-17(3)24(4,5)20-9-7-8-10-22(20)26-14-13-23(25)28/h7-12,15-16,26H,13-14H2,1-6H3,(H2,25,28)/p+1. The van der Waals surface area contributed by atoms with E-state index in [0.717, 1.165) is 22.8 Å². The van der Waals surface area contributed by atoms with Gasteiger partial charge in [-0.3, -0.25) is 9.79 Å². The van der Waals surface area contributed by atoms with Gasteiger partial charge in [0.25, 0.3) is 0 Å². The predicted octanol–water partition coefficient (Wildman–Crippen LogP) is 3.96. The molecular formula is C24H34N3O2+. The summed E-state index contributed by atoms with van der Waals surface area (Å²) >= 11 is 0. The van der Waals surface area contributed by atoms with Gasteiger partial charge in [0.1, 0.15) is 11.4 Å². The van der Waals surface area contributed by atoms with Crippen molar-refractivity contribution >= 4 is 23.0 Å². The number of hydrogen-bond donors (Lipinski definition) is 2. The molecule has 5 nitrogen and oxygen atoms in total. The second kappa shape index (κ2) is 9.70. The maximum absolute atomic E-state index is 11.1. The van der Waals surface area contributed by atoms with Crippen molar-refractivity contribution in [3.63, 3.8) is 0 Å². The van der Waals surface area contributed by atoms with Crippen LogP contribution < -0.4 is 15.8 Å². The van der Waals surface area contributed by atoms with Crippen molar-refractivity contribution < 1.29 is 14.8 Å². The van der Waals surface area contributed by atoms with Crippen LogP contribution in [0.1, 0.15) is 58.1 Å². The minimum Gasteiger partial charge on any atom is -0.497 e.